The Kier molecular flexibility index (Phi) is 8.91. The van der Waals surface area contributed by atoms with Crippen LogP contribution in [-0.4, -0.2) is 53.6 Å². The van der Waals surface area contributed by atoms with Gasteiger partial charge in [0, 0.05) is 13.1 Å². The van der Waals surface area contributed by atoms with E-state index in [0.29, 0.717) is 23.8 Å². The van der Waals surface area contributed by atoms with Crippen LogP contribution in [0.5, 0.6) is 17.2 Å². The van der Waals surface area contributed by atoms with E-state index in [-0.39, 0.29) is 17.5 Å². The normalized spacial score (nSPS) is 12.5. The van der Waals surface area contributed by atoms with Gasteiger partial charge in [-0.25, -0.2) is 8.42 Å². The topological polar surface area (TPSA) is 94.2 Å². The lowest BCUT2D eigenvalue weighted by Crippen LogP contribution is -2.40. The summed E-state index contributed by atoms with van der Waals surface area (Å²) in [7, 11) is 1.96. The maximum Gasteiger partial charge on any atom is 0.243 e. The van der Waals surface area contributed by atoms with E-state index < -0.39 is 15.9 Å². The third kappa shape index (κ3) is 6.37. The first-order chi connectivity index (χ1) is 15.1. The van der Waals surface area contributed by atoms with Crippen molar-refractivity contribution in [3.63, 3.8) is 0 Å². The van der Waals surface area contributed by atoms with E-state index in [4.69, 9.17) is 14.2 Å². The van der Waals surface area contributed by atoms with Gasteiger partial charge in [0.25, 0.3) is 0 Å². The average molecular weight is 465 g/mol. The molecule has 0 fully saturated rings. The minimum Gasteiger partial charge on any atom is -0.497 e. The number of amides is 1. The van der Waals surface area contributed by atoms with Crippen LogP contribution in [0.25, 0.3) is 0 Å². The Morgan fingerprint density at radius 1 is 0.969 bits per heavy atom. The molecule has 2 rings (SSSR count). The molecule has 0 heterocycles. The molecule has 9 heteroatoms. The number of hydrogen-bond donors (Lipinski definition) is 1. The van der Waals surface area contributed by atoms with Crippen LogP contribution >= 0.6 is 0 Å². The highest BCUT2D eigenvalue weighted by atomic mass is 32.2. The monoisotopic (exact) mass is 464 g/mol. The predicted molar refractivity (Wildman–Crippen MR) is 123 cm³/mol. The molecule has 176 valence electrons. The molecular formula is C23H32N2O6S. The molecule has 0 unspecified atom stereocenters. The van der Waals surface area contributed by atoms with Crippen molar-refractivity contribution in [1.82, 2.24) is 9.62 Å². The molecule has 1 amide bonds. The number of nitrogens with zero attached hydrogens (tertiary/aromatic N) is 1. The summed E-state index contributed by atoms with van der Waals surface area (Å²) in [5.74, 6) is 1.38. The Morgan fingerprint density at radius 2 is 1.59 bits per heavy atom. The number of sulfonamides is 1. The van der Waals surface area contributed by atoms with E-state index in [1.54, 1.807) is 7.11 Å². The number of likely N-dealkylation sites (N-methyl/N-ethyl adjacent to an activating group) is 1. The molecule has 0 aromatic heterocycles. The van der Waals surface area contributed by atoms with Gasteiger partial charge in [0.2, 0.25) is 15.9 Å². The van der Waals surface area contributed by atoms with Crippen LogP contribution in [0.3, 0.4) is 0 Å². The minimum absolute atomic E-state index is 0.0133. The second-order valence-electron chi connectivity index (χ2n) is 7.80. The average Bonchev–Trinajstić information content (AvgIpc) is 2.77. The maximum absolute atomic E-state index is 13.0. The Morgan fingerprint density at radius 3 is 2.12 bits per heavy atom. The first kappa shape index (κ1) is 25.5. The van der Waals surface area contributed by atoms with Crippen molar-refractivity contribution in [1.29, 1.82) is 0 Å². The van der Waals surface area contributed by atoms with E-state index in [1.165, 1.54) is 39.5 Å². The van der Waals surface area contributed by atoms with Gasteiger partial charge in [-0.3, -0.25) is 4.79 Å². The number of carbonyl (C=O) groups is 1. The van der Waals surface area contributed by atoms with E-state index in [2.05, 4.69) is 19.2 Å². The van der Waals surface area contributed by atoms with Gasteiger partial charge in [0.05, 0.1) is 38.8 Å². The second kappa shape index (κ2) is 11.2. The third-order valence-electron chi connectivity index (χ3n) is 4.99. The summed E-state index contributed by atoms with van der Waals surface area (Å²) >= 11 is 0. The van der Waals surface area contributed by atoms with E-state index >= 15 is 0 Å². The molecule has 2 aromatic rings. The summed E-state index contributed by atoms with van der Waals surface area (Å²) in [5.41, 5.74) is 0.929. The molecule has 8 nitrogen and oxygen atoms in total. The van der Waals surface area contributed by atoms with Crippen LogP contribution in [0.2, 0.25) is 0 Å². The maximum atomic E-state index is 13.0. The van der Waals surface area contributed by atoms with Crippen LogP contribution in [0.15, 0.2) is 47.4 Å². The van der Waals surface area contributed by atoms with Crippen molar-refractivity contribution >= 4 is 15.9 Å². The molecule has 1 atom stereocenters. The second-order valence-corrected chi connectivity index (χ2v) is 9.85. The number of nitrogens with one attached hydrogen (secondary N) is 1. The van der Waals surface area contributed by atoms with Gasteiger partial charge >= 0.3 is 0 Å². The van der Waals surface area contributed by atoms with Crippen molar-refractivity contribution in [2.45, 2.75) is 31.2 Å². The zero-order valence-electron chi connectivity index (χ0n) is 19.4. The molecule has 1 N–H and O–H groups in total. The van der Waals surface area contributed by atoms with Crippen LogP contribution < -0.4 is 19.5 Å². The highest BCUT2D eigenvalue weighted by Gasteiger charge is 2.26. The van der Waals surface area contributed by atoms with Crippen molar-refractivity contribution in [2.75, 3.05) is 34.9 Å². The van der Waals surface area contributed by atoms with Crippen LogP contribution in [0, 0.1) is 5.92 Å². The summed E-state index contributed by atoms with van der Waals surface area (Å²) < 4.78 is 42.5. The number of hydrogen-bond acceptors (Lipinski definition) is 6. The Hall–Kier alpha value is -2.78. The molecule has 0 saturated heterocycles. The number of methoxy groups -OCH3 is 3. The zero-order valence-corrected chi connectivity index (χ0v) is 20.2. The summed E-state index contributed by atoms with van der Waals surface area (Å²) in [5, 5.41) is 2.97. The molecule has 0 bridgehead atoms. The largest absolute Gasteiger partial charge is 0.497 e. The van der Waals surface area contributed by atoms with Crippen molar-refractivity contribution in [3.05, 3.63) is 48.0 Å². The molecule has 0 radical (unpaired) electrons. The molecule has 0 saturated carbocycles. The molecular weight excluding hydrogens is 432 g/mol. The Bertz CT molecular complexity index is 1010. The van der Waals surface area contributed by atoms with Crippen molar-refractivity contribution in [2.24, 2.45) is 5.92 Å². The van der Waals surface area contributed by atoms with Gasteiger partial charge in [-0.15, -0.1) is 0 Å². The first-order valence-corrected chi connectivity index (χ1v) is 11.7. The summed E-state index contributed by atoms with van der Waals surface area (Å²) in [6, 6.07) is 11.5. The van der Waals surface area contributed by atoms with E-state index in [9.17, 15) is 13.2 Å². The lowest BCUT2D eigenvalue weighted by Gasteiger charge is -2.23. The van der Waals surface area contributed by atoms with Crippen molar-refractivity contribution in [3.8, 4) is 17.2 Å². The summed E-state index contributed by atoms with van der Waals surface area (Å²) in [4.78, 5) is 12.8. The van der Waals surface area contributed by atoms with Crippen LogP contribution in [0.1, 0.15) is 31.9 Å². The van der Waals surface area contributed by atoms with Crippen molar-refractivity contribution < 1.29 is 27.4 Å². The fourth-order valence-corrected chi connectivity index (χ4v) is 4.41. The minimum atomic E-state index is -3.90. The molecule has 0 aliphatic heterocycles. The standard InChI is InChI=1S/C23H32N2O6S/c1-16(2)13-20(17-7-9-18(29-4)10-8-17)24-23(26)15-25(3)32(27,28)19-11-12-21(30-5)22(14-19)31-6/h7-12,14,16,20H,13,15H2,1-6H3,(H,24,26)/t20-/m0/s1. The lowest BCUT2D eigenvalue weighted by atomic mass is 9.97. The first-order valence-electron chi connectivity index (χ1n) is 10.2. The fraction of sp³-hybridized carbons (Fsp3) is 0.435. The smallest absolute Gasteiger partial charge is 0.243 e. The van der Waals surface area contributed by atoms with Gasteiger partial charge in [0.1, 0.15) is 5.75 Å². The summed E-state index contributed by atoms with van der Waals surface area (Å²) in [6.45, 7) is 3.81. The molecule has 32 heavy (non-hydrogen) atoms. The summed E-state index contributed by atoms with van der Waals surface area (Å²) in [6.07, 6.45) is 0.713. The molecule has 0 aliphatic rings. The highest BCUT2D eigenvalue weighted by molar-refractivity contribution is 7.89. The Labute approximate surface area is 190 Å². The molecule has 2 aromatic carbocycles. The Balaban J connectivity index is 2.16. The predicted octanol–water partition coefficient (Wildman–Crippen LogP) is 3.24. The number of carbonyl (C=O) groups excluding carboxylic acids is 1. The lowest BCUT2D eigenvalue weighted by molar-refractivity contribution is -0.122. The van der Waals surface area contributed by atoms with Crippen LogP contribution in [-0.2, 0) is 14.8 Å². The number of benzene rings is 2. The highest BCUT2D eigenvalue weighted by Crippen LogP contribution is 2.30. The van der Waals surface area contributed by atoms with Crippen LogP contribution in [0.4, 0.5) is 0 Å². The van der Waals surface area contributed by atoms with Gasteiger partial charge in [0.15, 0.2) is 11.5 Å². The molecule has 0 spiro atoms. The number of ether oxygens (including phenoxy) is 3. The van der Waals surface area contributed by atoms with Gasteiger partial charge < -0.3 is 19.5 Å². The number of rotatable bonds is 11. The zero-order chi connectivity index (χ0) is 23.9. The molecule has 0 aliphatic carbocycles. The SMILES string of the molecule is COc1ccc([C@H](CC(C)C)NC(=O)CN(C)S(=O)(=O)c2ccc(OC)c(OC)c2)cc1. The van der Waals surface area contributed by atoms with Gasteiger partial charge in [-0.2, -0.15) is 4.31 Å². The quantitative estimate of drug-likeness (QED) is 0.549. The fourth-order valence-electron chi connectivity index (χ4n) is 3.27. The van der Waals surface area contributed by atoms with Gasteiger partial charge in [-0.05, 0) is 42.2 Å². The van der Waals surface area contributed by atoms with E-state index in [0.717, 1.165) is 15.6 Å². The van der Waals surface area contributed by atoms with Gasteiger partial charge in [-0.1, -0.05) is 26.0 Å². The third-order valence-corrected chi connectivity index (χ3v) is 6.79. The van der Waals surface area contributed by atoms with E-state index in [1.807, 2.05) is 24.3 Å².